The number of hydrogen-bond donors (Lipinski definition) is 3. The van der Waals surface area contributed by atoms with E-state index in [0.29, 0.717) is 0 Å². The minimum atomic E-state index is -1.27. The lowest BCUT2D eigenvalue weighted by molar-refractivity contribution is -0.396. The van der Waals surface area contributed by atoms with E-state index in [1.165, 1.54) is 0 Å². The third kappa shape index (κ3) is 11.5. The number of nitrogens with one attached hydrogen (secondary N) is 2. The van der Waals surface area contributed by atoms with Crippen molar-refractivity contribution < 1.29 is 38.5 Å². The Balaban J connectivity index is 2.97. The lowest BCUT2D eigenvalue weighted by atomic mass is 10.1. The minimum Gasteiger partial charge on any atom is -0.462 e. The number of nitro benzene ring substituents is 2. The first kappa shape index (κ1) is 32.2. The number of ether oxygens (including phenoxy) is 2. The molecule has 0 saturated carbocycles. The fourth-order valence-electron chi connectivity index (χ4n) is 2.82. The van der Waals surface area contributed by atoms with Gasteiger partial charge in [0, 0.05) is 18.2 Å². The summed E-state index contributed by atoms with van der Waals surface area (Å²) in [5.74, 6) is -3.06. The van der Waals surface area contributed by atoms with Gasteiger partial charge in [0.15, 0.2) is 0 Å². The van der Waals surface area contributed by atoms with Gasteiger partial charge < -0.3 is 25.8 Å². The normalized spacial score (nSPS) is 12.4. The van der Waals surface area contributed by atoms with Gasteiger partial charge in [-0.1, -0.05) is 0 Å². The van der Waals surface area contributed by atoms with Crippen LogP contribution in [-0.4, -0.2) is 70.2 Å². The number of nitro groups is 2. The molecule has 0 aromatic heterocycles. The second-order valence-electron chi connectivity index (χ2n) is 8.48. The average Bonchev–Trinajstić information content (AvgIpc) is 2.82. The summed E-state index contributed by atoms with van der Waals surface area (Å²) in [5.41, 5.74) is 4.70. The second-order valence-corrected chi connectivity index (χ2v) is 9.55. The van der Waals surface area contributed by atoms with Gasteiger partial charge >= 0.3 is 11.9 Å². The number of thioether (sulfide) groups is 1. The van der Waals surface area contributed by atoms with E-state index in [1.807, 2.05) is 0 Å². The van der Waals surface area contributed by atoms with E-state index in [-0.39, 0.29) is 23.5 Å². The van der Waals surface area contributed by atoms with Crippen LogP contribution in [0.4, 0.5) is 11.4 Å². The molecule has 2 unspecified atom stereocenters. The molecule has 16 heteroatoms. The molecule has 210 valence electrons. The zero-order valence-corrected chi connectivity index (χ0v) is 22.1. The number of nitrogens with zero attached hydrogens (tertiary/aromatic N) is 2. The van der Waals surface area contributed by atoms with Crippen LogP contribution in [0.1, 0.15) is 40.5 Å². The van der Waals surface area contributed by atoms with Crippen LogP contribution >= 0.6 is 11.8 Å². The van der Waals surface area contributed by atoms with Crippen LogP contribution in [0.25, 0.3) is 0 Å². The fraction of sp³-hybridized carbons (Fsp3) is 0.545. The number of non-ortho nitro benzene ring substituents is 1. The van der Waals surface area contributed by atoms with Gasteiger partial charge in [-0.05, 0) is 40.2 Å². The van der Waals surface area contributed by atoms with Gasteiger partial charge in [-0.25, -0.2) is 0 Å². The molecule has 0 spiro atoms. The van der Waals surface area contributed by atoms with Crippen LogP contribution in [0, 0.1) is 20.2 Å². The second kappa shape index (κ2) is 15.5. The van der Waals surface area contributed by atoms with Crippen molar-refractivity contribution in [3.05, 3.63) is 38.4 Å². The molecule has 0 aliphatic heterocycles. The standard InChI is InChI=1S/C22H31N5O10S/c1-12(2)36-20(29)10-24-21(30)16(25-19(28)8-6-15(23)22(31)37-13(3)4)11-38-18-7-5-14(26(32)33)9-17(18)27(34)35/h5,7,9,12-13,15-16H,6,8,10-11,23H2,1-4H3,(H,24,30)(H,25,28). The molecule has 1 aromatic carbocycles. The first-order valence-electron chi connectivity index (χ1n) is 11.5. The molecule has 4 N–H and O–H groups in total. The predicted octanol–water partition coefficient (Wildman–Crippen LogP) is 1.21. The molecule has 38 heavy (non-hydrogen) atoms. The summed E-state index contributed by atoms with van der Waals surface area (Å²) in [6.45, 7) is 6.04. The third-order valence-corrected chi connectivity index (χ3v) is 5.67. The molecule has 2 atom stereocenters. The summed E-state index contributed by atoms with van der Waals surface area (Å²) >= 11 is 0.800. The van der Waals surface area contributed by atoms with Crippen molar-refractivity contribution in [3.8, 4) is 0 Å². The number of hydrogen-bond acceptors (Lipinski definition) is 12. The number of carbonyl (C=O) groups is 4. The molecule has 0 fully saturated rings. The van der Waals surface area contributed by atoms with Crippen LogP contribution in [0.2, 0.25) is 0 Å². The third-order valence-electron chi connectivity index (χ3n) is 4.52. The van der Waals surface area contributed by atoms with E-state index in [4.69, 9.17) is 15.2 Å². The van der Waals surface area contributed by atoms with Crippen LogP contribution in [0.3, 0.4) is 0 Å². The maximum absolute atomic E-state index is 12.8. The molecule has 0 aliphatic rings. The molecule has 0 bridgehead atoms. The molecule has 0 radical (unpaired) electrons. The van der Waals surface area contributed by atoms with Gasteiger partial charge in [0.25, 0.3) is 11.4 Å². The highest BCUT2D eigenvalue weighted by Crippen LogP contribution is 2.32. The van der Waals surface area contributed by atoms with E-state index in [0.717, 1.165) is 30.0 Å². The zero-order valence-electron chi connectivity index (χ0n) is 21.3. The van der Waals surface area contributed by atoms with Gasteiger partial charge in [-0.2, -0.15) is 0 Å². The maximum Gasteiger partial charge on any atom is 0.325 e. The Morgan fingerprint density at radius 1 is 1.03 bits per heavy atom. The summed E-state index contributed by atoms with van der Waals surface area (Å²) in [5, 5.41) is 27.2. The van der Waals surface area contributed by atoms with Crippen molar-refractivity contribution in [1.82, 2.24) is 10.6 Å². The van der Waals surface area contributed by atoms with Gasteiger partial charge in [-0.15, -0.1) is 11.8 Å². The molecule has 1 aromatic rings. The Morgan fingerprint density at radius 3 is 2.21 bits per heavy atom. The highest BCUT2D eigenvalue weighted by atomic mass is 32.2. The Hall–Kier alpha value is -3.79. The summed E-state index contributed by atoms with van der Waals surface area (Å²) in [6, 6.07) is 0.682. The maximum atomic E-state index is 12.8. The summed E-state index contributed by atoms with van der Waals surface area (Å²) in [6.07, 6.45) is -1.12. The van der Waals surface area contributed by atoms with E-state index >= 15 is 0 Å². The van der Waals surface area contributed by atoms with Crippen LogP contribution in [0.5, 0.6) is 0 Å². The first-order valence-corrected chi connectivity index (χ1v) is 12.5. The van der Waals surface area contributed by atoms with Crippen LogP contribution < -0.4 is 16.4 Å². The fourth-order valence-corrected chi connectivity index (χ4v) is 3.84. The Labute approximate surface area is 222 Å². The van der Waals surface area contributed by atoms with Crippen molar-refractivity contribution in [3.63, 3.8) is 0 Å². The number of carbonyl (C=O) groups excluding carboxylic acids is 4. The predicted molar refractivity (Wildman–Crippen MR) is 135 cm³/mol. The molecule has 1 rings (SSSR count). The van der Waals surface area contributed by atoms with E-state index in [1.54, 1.807) is 27.7 Å². The van der Waals surface area contributed by atoms with E-state index in [2.05, 4.69) is 10.6 Å². The Bertz CT molecular complexity index is 1050. The molecule has 0 saturated heterocycles. The monoisotopic (exact) mass is 557 g/mol. The summed E-state index contributed by atoms with van der Waals surface area (Å²) in [7, 11) is 0. The highest BCUT2D eigenvalue weighted by molar-refractivity contribution is 7.99. The Morgan fingerprint density at radius 2 is 1.66 bits per heavy atom. The average molecular weight is 558 g/mol. The minimum absolute atomic E-state index is 0.0188. The van der Waals surface area contributed by atoms with E-state index in [9.17, 15) is 39.4 Å². The van der Waals surface area contributed by atoms with E-state index < -0.39 is 75.8 Å². The largest absolute Gasteiger partial charge is 0.462 e. The SMILES string of the molecule is CC(C)OC(=O)CNC(=O)C(CSc1ccc([N+](=O)[O-])cc1[N+](=O)[O-])NC(=O)CCC(N)C(=O)OC(C)C. The molecular weight excluding hydrogens is 526 g/mol. The van der Waals surface area contributed by atoms with Crippen molar-refractivity contribution in [1.29, 1.82) is 0 Å². The quantitative estimate of drug-likeness (QED) is 0.120. The number of rotatable bonds is 15. The topological polar surface area (TPSA) is 223 Å². The molecule has 15 nitrogen and oxygen atoms in total. The summed E-state index contributed by atoms with van der Waals surface area (Å²) in [4.78, 5) is 69.7. The molecule has 0 aliphatic carbocycles. The molecule has 2 amide bonds. The molecule has 0 heterocycles. The van der Waals surface area contributed by atoms with Crippen LogP contribution in [-0.2, 0) is 28.7 Å². The van der Waals surface area contributed by atoms with Crippen LogP contribution in [0.15, 0.2) is 23.1 Å². The lowest BCUT2D eigenvalue weighted by Gasteiger charge is -2.19. The smallest absolute Gasteiger partial charge is 0.325 e. The lowest BCUT2D eigenvalue weighted by Crippen LogP contribution is -2.49. The van der Waals surface area contributed by atoms with Gasteiger partial charge in [0.1, 0.15) is 18.6 Å². The number of nitrogens with two attached hydrogens (primary N) is 1. The Kier molecular flexibility index (Phi) is 13.1. The number of benzene rings is 1. The highest BCUT2D eigenvalue weighted by Gasteiger charge is 2.26. The van der Waals surface area contributed by atoms with Crippen molar-refractivity contribution in [2.24, 2.45) is 5.73 Å². The zero-order chi connectivity index (χ0) is 29.0. The van der Waals surface area contributed by atoms with Crippen molar-refractivity contribution in [2.45, 2.75) is 69.7 Å². The first-order chi connectivity index (χ1) is 17.7. The van der Waals surface area contributed by atoms with Crippen molar-refractivity contribution in [2.75, 3.05) is 12.3 Å². The van der Waals surface area contributed by atoms with Gasteiger partial charge in [-0.3, -0.25) is 39.4 Å². The number of amides is 2. The number of esters is 2. The van der Waals surface area contributed by atoms with Gasteiger partial charge in [0.2, 0.25) is 11.8 Å². The van der Waals surface area contributed by atoms with Gasteiger partial charge in [0.05, 0.1) is 33.0 Å². The summed E-state index contributed by atoms with van der Waals surface area (Å²) < 4.78 is 9.93. The van der Waals surface area contributed by atoms with Crippen molar-refractivity contribution >= 4 is 46.9 Å². The molecular formula is C22H31N5O10S.